The molecule has 2 rings (SSSR count). The third-order valence-corrected chi connectivity index (χ3v) is 5.11. The van der Waals surface area contributed by atoms with Crippen LogP contribution < -0.4 is 0 Å². The summed E-state index contributed by atoms with van der Waals surface area (Å²) in [5.41, 5.74) is 5.36. The Morgan fingerprint density at radius 3 is 1.44 bits per heavy atom. The number of rotatable bonds is 2. The molecular weight excluding hydrogens is 332 g/mol. The quantitative estimate of drug-likeness (QED) is 0.596. The smallest absolute Gasteiger partial charge is 0.153 e. The lowest BCUT2D eigenvalue weighted by Crippen LogP contribution is -2.16. The van der Waals surface area contributed by atoms with E-state index >= 15 is 0 Å². The highest BCUT2D eigenvalue weighted by atomic mass is 16.3. The van der Waals surface area contributed by atoms with Crippen LogP contribution in [0.25, 0.3) is 11.1 Å². The molecule has 2 aromatic rings. The van der Waals surface area contributed by atoms with Gasteiger partial charge in [-0.15, -0.1) is 0 Å². The van der Waals surface area contributed by atoms with Crippen LogP contribution in [-0.4, -0.2) is 11.4 Å². The Morgan fingerprint density at radius 1 is 0.667 bits per heavy atom. The molecule has 0 fully saturated rings. The molecule has 2 aromatic carbocycles. The fourth-order valence-electron chi connectivity index (χ4n) is 3.05. The van der Waals surface area contributed by atoms with Crippen LogP contribution in [0.5, 0.6) is 5.75 Å². The minimum absolute atomic E-state index is 0.0131. The third kappa shape index (κ3) is 4.61. The fourth-order valence-corrected chi connectivity index (χ4v) is 3.05. The predicted molar refractivity (Wildman–Crippen MR) is 115 cm³/mol. The van der Waals surface area contributed by atoms with Gasteiger partial charge < -0.3 is 5.11 Å². The molecule has 0 saturated heterocycles. The van der Waals surface area contributed by atoms with Gasteiger partial charge in [-0.3, -0.25) is 4.79 Å². The summed E-state index contributed by atoms with van der Waals surface area (Å²) in [5, 5.41) is 10.8. The molecule has 0 bridgehead atoms. The van der Waals surface area contributed by atoms with Crippen LogP contribution in [0.3, 0.4) is 0 Å². The van der Waals surface area contributed by atoms with E-state index in [2.05, 4.69) is 80.5 Å². The van der Waals surface area contributed by atoms with Gasteiger partial charge in [0.25, 0.3) is 0 Å². The molecule has 146 valence electrons. The Hall–Kier alpha value is -2.09. The van der Waals surface area contributed by atoms with E-state index in [0.29, 0.717) is 5.56 Å². The monoisotopic (exact) mass is 366 g/mol. The Kier molecular flexibility index (Phi) is 5.35. The van der Waals surface area contributed by atoms with Gasteiger partial charge in [-0.1, -0.05) is 80.5 Å². The molecule has 0 unspecified atom stereocenters. The lowest BCUT2D eigenvalue weighted by atomic mass is 9.78. The molecule has 0 saturated carbocycles. The highest BCUT2D eigenvalue weighted by Gasteiger charge is 2.24. The average molecular weight is 367 g/mol. The number of carbonyl (C=O) groups excluding carboxylic acids is 1. The zero-order chi connectivity index (χ0) is 20.8. The number of hydrogen-bond acceptors (Lipinski definition) is 2. The first-order valence-electron chi connectivity index (χ1n) is 9.63. The van der Waals surface area contributed by atoms with Crippen molar-refractivity contribution in [2.45, 2.75) is 78.6 Å². The Morgan fingerprint density at radius 2 is 1.07 bits per heavy atom. The van der Waals surface area contributed by atoms with Gasteiger partial charge in [0.1, 0.15) is 5.75 Å². The summed E-state index contributed by atoms with van der Waals surface area (Å²) in [4.78, 5) is 11.6. The van der Waals surface area contributed by atoms with Gasteiger partial charge in [0, 0.05) is 5.56 Å². The number of hydrogen-bond donors (Lipinski definition) is 1. The molecule has 0 aliphatic rings. The van der Waals surface area contributed by atoms with Gasteiger partial charge in [-0.05, 0) is 50.6 Å². The highest BCUT2D eigenvalue weighted by Crippen LogP contribution is 2.40. The summed E-state index contributed by atoms with van der Waals surface area (Å²) in [6.07, 6.45) is 0.742. The highest BCUT2D eigenvalue weighted by molar-refractivity contribution is 5.87. The van der Waals surface area contributed by atoms with Gasteiger partial charge in [-0.2, -0.15) is 0 Å². The minimum atomic E-state index is -0.116. The van der Waals surface area contributed by atoms with Crippen molar-refractivity contribution >= 4 is 6.29 Å². The van der Waals surface area contributed by atoms with Gasteiger partial charge in [0.2, 0.25) is 0 Å². The van der Waals surface area contributed by atoms with Crippen LogP contribution in [0.15, 0.2) is 30.3 Å². The summed E-state index contributed by atoms with van der Waals surface area (Å²) in [6, 6.07) is 10.4. The standard InChI is InChI=1S/C25H34O2/c1-23(2,3)18-10-16(11-19(13-18)24(4,5)6)21-14-20(25(7,8)9)12-17(15-26)22(21)27/h10-15,27H,1-9H3. The summed E-state index contributed by atoms with van der Waals surface area (Å²) in [6.45, 7) is 19.5. The molecule has 0 spiro atoms. The van der Waals surface area contributed by atoms with E-state index in [9.17, 15) is 9.90 Å². The number of benzene rings is 2. The van der Waals surface area contributed by atoms with Gasteiger partial charge >= 0.3 is 0 Å². The molecule has 0 aromatic heterocycles. The van der Waals surface area contributed by atoms with E-state index in [4.69, 9.17) is 0 Å². The van der Waals surface area contributed by atoms with Crippen molar-refractivity contribution in [1.29, 1.82) is 0 Å². The minimum Gasteiger partial charge on any atom is -0.507 e. The molecule has 0 aliphatic carbocycles. The second kappa shape index (κ2) is 6.82. The topological polar surface area (TPSA) is 37.3 Å². The lowest BCUT2D eigenvalue weighted by Gasteiger charge is -2.27. The molecule has 0 radical (unpaired) electrons. The SMILES string of the molecule is CC(C)(C)c1cc(-c2cc(C(C)(C)C)cc(C=O)c2O)cc(C(C)(C)C)c1. The second-order valence-electron chi connectivity index (χ2n) is 10.6. The van der Waals surface area contributed by atoms with E-state index in [0.717, 1.165) is 23.0 Å². The van der Waals surface area contributed by atoms with Crippen molar-refractivity contribution in [3.05, 3.63) is 52.6 Å². The van der Waals surface area contributed by atoms with Crippen LogP contribution in [-0.2, 0) is 16.2 Å². The first-order chi connectivity index (χ1) is 12.1. The molecule has 2 heteroatoms. The fraction of sp³-hybridized carbons (Fsp3) is 0.480. The number of aldehydes is 1. The molecule has 27 heavy (non-hydrogen) atoms. The van der Waals surface area contributed by atoms with E-state index < -0.39 is 0 Å². The van der Waals surface area contributed by atoms with Crippen molar-refractivity contribution in [2.24, 2.45) is 0 Å². The normalized spacial score (nSPS) is 12.9. The van der Waals surface area contributed by atoms with Gasteiger partial charge in [0.15, 0.2) is 6.29 Å². The Balaban J connectivity index is 2.86. The van der Waals surface area contributed by atoms with E-state index in [1.165, 1.54) is 11.1 Å². The maximum Gasteiger partial charge on any atom is 0.153 e. The largest absolute Gasteiger partial charge is 0.507 e. The van der Waals surface area contributed by atoms with E-state index in [1.807, 2.05) is 6.07 Å². The van der Waals surface area contributed by atoms with E-state index in [-0.39, 0.29) is 22.0 Å². The third-order valence-electron chi connectivity index (χ3n) is 5.11. The maximum absolute atomic E-state index is 11.6. The van der Waals surface area contributed by atoms with Crippen LogP contribution in [0.2, 0.25) is 0 Å². The predicted octanol–water partition coefficient (Wildman–Crippen LogP) is 6.76. The lowest BCUT2D eigenvalue weighted by molar-refractivity contribution is 0.112. The second-order valence-corrected chi connectivity index (χ2v) is 10.6. The first-order valence-corrected chi connectivity index (χ1v) is 9.63. The number of carbonyl (C=O) groups is 1. The molecule has 1 N–H and O–H groups in total. The molecule has 2 nitrogen and oxygen atoms in total. The van der Waals surface area contributed by atoms with Gasteiger partial charge in [-0.25, -0.2) is 0 Å². The zero-order valence-electron chi connectivity index (χ0n) is 18.3. The number of aromatic hydroxyl groups is 1. The van der Waals surface area contributed by atoms with Crippen molar-refractivity contribution in [3.8, 4) is 16.9 Å². The zero-order valence-corrected chi connectivity index (χ0v) is 18.3. The molecule has 0 heterocycles. The van der Waals surface area contributed by atoms with Crippen LogP contribution in [0.1, 0.15) is 89.4 Å². The molecule has 0 atom stereocenters. The first kappa shape index (κ1) is 21.2. The van der Waals surface area contributed by atoms with Crippen LogP contribution >= 0.6 is 0 Å². The van der Waals surface area contributed by atoms with Gasteiger partial charge in [0.05, 0.1) is 5.56 Å². The number of phenolic OH excluding ortho intramolecular Hbond substituents is 1. The average Bonchev–Trinajstić information content (AvgIpc) is 2.51. The maximum atomic E-state index is 11.6. The van der Waals surface area contributed by atoms with E-state index in [1.54, 1.807) is 6.07 Å². The van der Waals surface area contributed by atoms with Crippen molar-refractivity contribution in [2.75, 3.05) is 0 Å². The summed E-state index contributed by atoms with van der Waals surface area (Å²) >= 11 is 0. The van der Waals surface area contributed by atoms with Crippen LogP contribution in [0.4, 0.5) is 0 Å². The molecule has 0 amide bonds. The van der Waals surface area contributed by atoms with Crippen molar-refractivity contribution < 1.29 is 9.90 Å². The summed E-state index contributed by atoms with van der Waals surface area (Å²) in [5.74, 6) is 0.0592. The Bertz CT molecular complexity index is 821. The summed E-state index contributed by atoms with van der Waals surface area (Å²) < 4.78 is 0. The summed E-state index contributed by atoms with van der Waals surface area (Å²) in [7, 11) is 0. The van der Waals surface area contributed by atoms with Crippen molar-refractivity contribution in [1.82, 2.24) is 0 Å². The Labute approximate surface area is 164 Å². The molecular formula is C25H34O2. The van der Waals surface area contributed by atoms with Crippen LogP contribution in [0, 0.1) is 0 Å². The molecule has 0 aliphatic heterocycles. The number of phenols is 1. The van der Waals surface area contributed by atoms with Crippen molar-refractivity contribution in [3.63, 3.8) is 0 Å².